The number of amides is 1. The van der Waals surface area contributed by atoms with Crippen LogP contribution in [0.2, 0.25) is 0 Å². The number of rotatable bonds is 5. The second-order valence-corrected chi connectivity index (χ2v) is 4.29. The zero-order valence-electron chi connectivity index (χ0n) is 11.2. The monoisotopic (exact) mass is 278 g/mol. The second-order valence-electron chi connectivity index (χ2n) is 4.29. The molecule has 0 aliphatic rings. The van der Waals surface area contributed by atoms with E-state index in [0.717, 1.165) is 0 Å². The number of likely N-dealkylation sites (N-methyl/N-ethyl adjacent to an activating group) is 1. The largest absolute Gasteiger partial charge is 0.343 e. The van der Waals surface area contributed by atoms with Gasteiger partial charge in [-0.1, -0.05) is 17.3 Å². The van der Waals surface area contributed by atoms with Crippen molar-refractivity contribution in [2.24, 2.45) is 0 Å². The van der Waals surface area contributed by atoms with E-state index in [2.05, 4.69) is 20.8 Å². The van der Waals surface area contributed by atoms with Gasteiger partial charge in [-0.05, 0) is 26.1 Å². The second kappa shape index (κ2) is 6.25. The van der Waals surface area contributed by atoms with Crippen LogP contribution >= 0.6 is 0 Å². The van der Waals surface area contributed by atoms with Gasteiger partial charge in [0.15, 0.2) is 0 Å². The smallest absolute Gasteiger partial charge is 0.249 e. The summed E-state index contributed by atoms with van der Waals surface area (Å²) in [5.74, 6) is 0.0117. The van der Waals surface area contributed by atoms with Crippen molar-refractivity contribution in [3.8, 4) is 11.4 Å². The molecule has 0 fully saturated rings. The standard InChI is InChI=1S/C13H15FN4O2/c1-8(16-11(19)7-15-2)13-17-12(18-20-13)9-4-3-5-10(14)6-9/h3-6,8,15H,7H2,1-2H3,(H,16,19). The minimum atomic E-state index is -0.411. The molecule has 1 heterocycles. The number of carbonyl (C=O) groups is 1. The molecule has 2 aromatic rings. The first kappa shape index (κ1) is 14.1. The highest BCUT2D eigenvalue weighted by Gasteiger charge is 2.17. The lowest BCUT2D eigenvalue weighted by molar-refractivity contribution is -0.120. The Morgan fingerprint density at radius 1 is 1.50 bits per heavy atom. The van der Waals surface area contributed by atoms with Crippen LogP contribution in [0.5, 0.6) is 0 Å². The number of nitrogens with one attached hydrogen (secondary N) is 2. The van der Waals surface area contributed by atoms with E-state index in [0.29, 0.717) is 5.56 Å². The molecule has 0 aliphatic heterocycles. The van der Waals surface area contributed by atoms with Crippen LogP contribution < -0.4 is 10.6 Å². The van der Waals surface area contributed by atoms with Gasteiger partial charge in [-0.15, -0.1) is 0 Å². The summed E-state index contributed by atoms with van der Waals surface area (Å²) in [5, 5.41) is 9.22. The Bertz CT molecular complexity index is 600. The zero-order valence-corrected chi connectivity index (χ0v) is 11.2. The Balaban J connectivity index is 2.10. The molecular weight excluding hydrogens is 263 g/mol. The van der Waals surface area contributed by atoms with E-state index in [4.69, 9.17) is 4.52 Å². The molecule has 6 nitrogen and oxygen atoms in total. The van der Waals surface area contributed by atoms with Crippen LogP contribution in [0.15, 0.2) is 28.8 Å². The molecule has 1 aromatic carbocycles. The molecule has 0 spiro atoms. The van der Waals surface area contributed by atoms with Crippen LogP contribution in [0, 0.1) is 5.82 Å². The molecule has 2 rings (SSSR count). The highest BCUT2D eigenvalue weighted by atomic mass is 19.1. The summed E-state index contributed by atoms with van der Waals surface area (Å²) in [6.45, 7) is 1.94. The fourth-order valence-electron chi connectivity index (χ4n) is 1.67. The van der Waals surface area contributed by atoms with Crippen molar-refractivity contribution >= 4 is 5.91 Å². The SMILES string of the molecule is CNCC(=O)NC(C)c1nc(-c2cccc(F)c2)no1. The molecule has 0 saturated heterocycles. The third-order valence-corrected chi connectivity index (χ3v) is 2.61. The normalized spacial score (nSPS) is 12.2. The minimum Gasteiger partial charge on any atom is -0.343 e. The van der Waals surface area contributed by atoms with E-state index in [9.17, 15) is 9.18 Å². The van der Waals surface area contributed by atoms with Gasteiger partial charge in [0, 0.05) is 5.56 Å². The quantitative estimate of drug-likeness (QED) is 0.861. The number of benzene rings is 1. The maximum Gasteiger partial charge on any atom is 0.249 e. The molecule has 1 aromatic heterocycles. The fraction of sp³-hybridized carbons (Fsp3) is 0.308. The van der Waals surface area contributed by atoms with Gasteiger partial charge in [0.1, 0.15) is 11.9 Å². The topological polar surface area (TPSA) is 80.0 Å². The van der Waals surface area contributed by atoms with Gasteiger partial charge in [0.2, 0.25) is 17.6 Å². The molecule has 1 unspecified atom stereocenters. The highest BCUT2D eigenvalue weighted by Crippen LogP contribution is 2.19. The summed E-state index contributed by atoms with van der Waals surface area (Å²) < 4.78 is 18.2. The molecule has 0 saturated carbocycles. The average Bonchev–Trinajstić information content (AvgIpc) is 2.88. The van der Waals surface area contributed by atoms with Crippen LogP contribution in [0.1, 0.15) is 18.9 Å². The predicted octanol–water partition coefficient (Wildman–Crippen LogP) is 1.27. The van der Waals surface area contributed by atoms with Crippen molar-refractivity contribution in [3.63, 3.8) is 0 Å². The number of carbonyl (C=O) groups excluding carboxylic acids is 1. The first-order chi connectivity index (χ1) is 9.60. The third-order valence-electron chi connectivity index (χ3n) is 2.61. The predicted molar refractivity (Wildman–Crippen MR) is 70.2 cm³/mol. The fourth-order valence-corrected chi connectivity index (χ4v) is 1.67. The number of nitrogens with zero attached hydrogens (tertiary/aromatic N) is 2. The Morgan fingerprint density at radius 2 is 2.30 bits per heavy atom. The van der Waals surface area contributed by atoms with Crippen LogP contribution in [0.3, 0.4) is 0 Å². The summed E-state index contributed by atoms with van der Waals surface area (Å²) in [6, 6.07) is 5.50. The van der Waals surface area contributed by atoms with Crippen molar-refractivity contribution in [1.82, 2.24) is 20.8 Å². The molecule has 20 heavy (non-hydrogen) atoms. The first-order valence-electron chi connectivity index (χ1n) is 6.13. The van der Waals surface area contributed by atoms with Crippen LogP contribution in [0.25, 0.3) is 11.4 Å². The van der Waals surface area contributed by atoms with Crippen LogP contribution in [0.4, 0.5) is 4.39 Å². The van der Waals surface area contributed by atoms with Gasteiger partial charge in [0.25, 0.3) is 0 Å². The van der Waals surface area contributed by atoms with Gasteiger partial charge in [-0.25, -0.2) is 4.39 Å². The Kier molecular flexibility index (Phi) is 4.41. The maximum absolute atomic E-state index is 13.1. The average molecular weight is 278 g/mol. The molecule has 0 bridgehead atoms. The highest BCUT2D eigenvalue weighted by molar-refractivity contribution is 5.78. The van der Waals surface area contributed by atoms with Gasteiger partial charge >= 0.3 is 0 Å². The summed E-state index contributed by atoms with van der Waals surface area (Å²) >= 11 is 0. The molecule has 2 N–H and O–H groups in total. The van der Waals surface area contributed by atoms with E-state index >= 15 is 0 Å². The lowest BCUT2D eigenvalue weighted by Gasteiger charge is -2.08. The zero-order chi connectivity index (χ0) is 14.5. The van der Waals surface area contributed by atoms with Gasteiger partial charge in [-0.2, -0.15) is 4.98 Å². The maximum atomic E-state index is 13.1. The van der Waals surface area contributed by atoms with Crippen molar-refractivity contribution in [2.45, 2.75) is 13.0 Å². The summed E-state index contributed by atoms with van der Waals surface area (Å²) in [5.41, 5.74) is 0.522. The molecule has 0 aliphatic carbocycles. The Labute approximate surface area is 115 Å². The summed E-state index contributed by atoms with van der Waals surface area (Å²) in [7, 11) is 1.68. The van der Waals surface area contributed by atoms with Gasteiger partial charge in [-0.3, -0.25) is 4.79 Å². The van der Waals surface area contributed by atoms with Crippen molar-refractivity contribution in [1.29, 1.82) is 0 Å². The number of hydrogen-bond acceptors (Lipinski definition) is 5. The van der Waals surface area contributed by atoms with Gasteiger partial charge in [0.05, 0.1) is 6.54 Å². The minimum absolute atomic E-state index is 0.175. The molecule has 106 valence electrons. The molecule has 1 amide bonds. The first-order valence-corrected chi connectivity index (χ1v) is 6.13. The van der Waals surface area contributed by atoms with Crippen molar-refractivity contribution < 1.29 is 13.7 Å². The van der Waals surface area contributed by atoms with E-state index in [1.54, 1.807) is 26.1 Å². The van der Waals surface area contributed by atoms with Crippen LogP contribution in [-0.4, -0.2) is 29.6 Å². The van der Waals surface area contributed by atoms with Crippen LogP contribution in [-0.2, 0) is 4.79 Å². The third kappa shape index (κ3) is 3.39. The lowest BCUT2D eigenvalue weighted by atomic mass is 10.2. The molecule has 1 atom stereocenters. The Hall–Kier alpha value is -2.28. The summed E-state index contributed by atoms with van der Waals surface area (Å²) in [6.07, 6.45) is 0. The van der Waals surface area contributed by atoms with E-state index in [-0.39, 0.29) is 30.0 Å². The van der Waals surface area contributed by atoms with E-state index < -0.39 is 6.04 Å². The number of hydrogen-bond donors (Lipinski definition) is 2. The molecular formula is C13H15FN4O2. The Morgan fingerprint density at radius 3 is 3.00 bits per heavy atom. The number of halogens is 1. The van der Waals surface area contributed by atoms with E-state index in [1.165, 1.54) is 12.1 Å². The summed E-state index contributed by atoms with van der Waals surface area (Å²) in [4.78, 5) is 15.6. The number of aromatic nitrogens is 2. The molecule has 7 heteroatoms. The van der Waals surface area contributed by atoms with Gasteiger partial charge < -0.3 is 15.2 Å². The lowest BCUT2D eigenvalue weighted by Crippen LogP contribution is -2.34. The van der Waals surface area contributed by atoms with E-state index in [1.807, 2.05) is 0 Å². The van der Waals surface area contributed by atoms with Crippen molar-refractivity contribution in [2.75, 3.05) is 13.6 Å². The molecule has 0 radical (unpaired) electrons. The van der Waals surface area contributed by atoms with Crippen molar-refractivity contribution in [3.05, 3.63) is 36.0 Å².